The van der Waals surface area contributed by atoms with Crippen molar-refractivity contribution >= 4 is 5.97 Å². The molecule has 1 aromatic heterocycles. The number of rotatable bonds is 7. The summed E-state index contributed by atoms with van der Waals surface area (Å²) in [5.74, 6) is 0.645. The SMILES string of the molecule is COC(=O)C[C@H](CN1CC2(CCNC2)C1)c1cc(C2CC2)cc(-n2nc(C)cc2C)c1. The number of ether oxygens (including phenoxy) is 1. The van der Waals surface area contributed by atoms with Gasteiger partial charge < -0.3 is 15.0 Å². The fraction of sp³-hybridized carbons (Fsp3) is 0.600. The fourth-order valence-corrected chi connectivity index (χ4v) is 5.54. The molecule has 3 aliphatic rings. The van der Waals surface area contributed by atoms with Crippen molar-refractivity contribution < 1.29 is 9.53 Å². The van der Waals surface area contributed by atoms with Gasteiger partial charge in [0.1, 0.15) is 0 Å². The first-order valence-electron chi connectivity index (χ1n) is 11.6. The molecule has 2 aliphatic heterocycles. The molecule has 2 saturated heterocycles. The smallest absolute Gasteiger partial charge is 0.306 e. The number of aryl methyl sites for hydroxylation is 2. The van der Waals surface area contributed by atoms with Gasteiger partial charge in [-0.3, -0.25) is 4.79 Å². The van der Waals surface area contributed by atoms with Gasteiger partial charge in [-0.1, -0.05) is 6.07 Å². The zero-order chi connectivity index (χ0) is 21.6. The van der Waals surface area contributed by atoms with Gasteiger partial charge in [0.05, 0.1) is 24.9 Å². The quantitative estimate of drug-likeness (QED) is 0.694. The monoisotopic (exact) mass is 422 g/mol. The van der Waals surface area contributed by atoms with Crippen molar-refractivity contribution in [1.82, 2.24) is 20.0 Å². The molecule has 0 unspecified atom stereocenters. The van der Waals surface area contributed by atoms with E-state index in [0.717, 1.165) is 49.8 Å². The van der Waals surface area contributed by atoms with Crippen LogP contribution >= 0.6 is 0 Å². The fourth-order valence-electron chi connectivity index (χ4n) is 5.54. The van der Waals surface area contributed by atoms with Gasteiger partial charge in [0.15, 0.2) is 0 Å². The number of hydrogen-bond acceptors (Lipinski definition) is 5. The minimum atomic E-state index is -0.132. The maximum atomic E-state index is 12.3. The third-order valence-electron chi connectivity index (χ3n) is 7.31. The lowest BCUT2D eigenvalue weighted by atomic mass is 9.78. The van der Waals surface area contributed by atoms with Crippen molar-refractivity contribution in [3.8, 4) is 5.69 Å². The Bertz CT molecular complexity index is 964. The molecule has 6 heteroatoms. The van der Waals surface area contributed by atoms with E-state index in [9.17, 15) is 4.79 Å². The van der Waals surface area contributed by atoms with E-state index in [2.05, 4.69) is 41.4 Å². The minimum Gasteiger partial charge on any atom is -0.469 e. The van der Waals surface area contributed by atoms with Gasteiger partial charge >= 0.3 is 5.97 Å². The molecule has 0 bridgehead atoms. The van der Waals surface area contributed by atoms with Crippen LogP contribution in [0.4, 0.5) is 0 Å². The van der Waals surface area contributed by atoms with E-state index in [1.165, 1.54) is 37.5 Å². The Balaban J connectivity index is 1.44. The molecule has 0 radical (unpaired) electrons. The van der Waals surface area contributed by atoms with Crippen LogP contribution in [0.3, 0.4) is 0 Å². The zero-order valence-electron chi connectivity index (χ0n) is 19.0. The normalized spacial score (nSPS) is 21.3. The number of methoxy groups -OCH3 is 1. The van der Waals surface area contributed by atoms with Gasteiger partial charge in [-0.05, 0) is 74.9 Å². The molecule has 31 heavy (non-hydrogen) atoms. The van der Waals surface area contributed by atoms with E-state index in [1.54, 1.807) is 0 Å². The number of hydrogen-bond donors (Lipinski definition) is 1. The molecule has 3 heterocycles. The molecule has 166 valence electrons. The van der Waals surface area contributed by atoms with Crippen LogP contribution in [0.15, 0.2) is 24.3 Å². The average molecular weight is 423 g/mol. The van der Waals surface area contributed by atoms with Crippen molar-refractivity contribution in [2.45, 2.75) is 51.4 Å². The van der Waals surface area contributed by atoms with E-state index in [0.29, 0.717) is 17.8 Å². The third kappa shape index (κ3) is 4.28. The Kier molecular flexibility index (Phi) is 5.39. The number of carbonyl (C=O) groups excluding carboxylic acids is 1. The number of aromatic nitrogens is 2. The summed E-state index contributed by atoms with van der Waals surface area (Å²) in [6, 6.07) is 8.99. The molecular weight excluding hydrogens is 388 g/mol. The Morgan fingerprint density at radius 2 is 2.06 bits per heavy atom. The highest BCUT2D eigenvalue weighted by atomic mass is 16.5. The maximum absolute atomic E-state index is 12.3. The van der Waals surface area contributed by atoms with Gasteiger partial charge in [0, 0.05) is 43.2 Å². The van der Waals surface area contributed by atoms with Crippen LogP contribution in [0.1, 0.15) is 60.0 Å². The molecule has 1 N–H and O–H groups in total. The van der Waals surface area contributed by atoms with Crippen molar-refractivity contribution in [3.63, 3.8) is 0 Å². The summed E-state index contributed by atoms with van der Waals surface area (Å²) < 4.78 is 7.12. The van der Waals surface area contributed by atoms with E-state index in [-0.39, 0.29) is 11.9 Å². The van der Waals surface area contributed by atoms with E-state index in [1.807, 2.05) is 11.6 Å². The molecule has 0 amide bonds. The predicted octanol–water partition coefficient (Wildman–Crippen LogP) is 3.31. The molecular formula is C25H34N4O2. The third-order valence-corrected chi connectivity index (χ3v) is 7.31. The Morgan fingerprint density at radius 1 is 1.26 bits per heavy atom. The van der Waals surface area contributed by atoms with Crippen LogP contribution < -0.4 is 5.32 Å². The molecule has 1 atom stereocenters. The minimum absolute atomic E-state index is 0.132. The van der Waals surface area contributed by atoms with Crippen molar-refractivity contribution in [1.29, 1.82) is 0 Å². The van der Waals surface area contributed by atoms with Crippen molar-refractivity contribution in [3.05, 3.63) is 46.8 Å². The first kappa shape index (κ1) is 20.7. The summed E-state index contributed by atoms with van der Waals surface area (Å²) in [6.45, 7) is 9.56. The van der Waals surface area contributed by atoms with E-state index >= 15 is 0 Å². The van der Waals surface area contributed by atoms with Crippen LogP contribution in [0.5, 0.6) is 0 Å². The van der Waals surface area contributed by atoms with Gasteiger partial charge in [0.2, 0.25) is 0 Å². The van der Waals surface area contributed by atoms with Gasteiger partial charge in [-0.15, -0.1) is 0 Å². The number of nitrogens with one attached hydrogen (secondary N) is 1. The van der Waals surface area contributed by atoms with Crippen LogP contribution in [0.25, 0.3) is 5.69 Å². The summed E-state index contributed by atoms with van der Waals surface area (Å²) in [6.07, 6.45) is 4.19. The van der Waals surface area contributed by atoms with Gasteiger partial charge in [-0.25, -0.2) is 4.68 Å². The summed E-state index contributed by atoms with van der Waals surface area (Å²) in [5.41, 5.74) is 6.36. The second-order valence-electron chi connectivity index (χ2n) is 10.0. The highest BCUT2D eigenvalue weighted by Gasteiger charge is 2.45. The van der Waals surface area contributed by atoms with Crippen LogP contribution in [-0.2, 0) is 9.53 Å². The topological polar surface area (TPSA) is 59.4 Å². The van der Waals surface area contributed by atoms with Crippen LogP contribution in [-0.4, -0.2) is 60.5 Å². The lowest BCUT2D eigenvalue weighted by molar-refractivity contribution is -0.141. The number of carbonyl (C=O) groups is 1. The molecule has 1 aromatic carbocycles. The number of benzene rings is 1. The first-order chi connectivity index (χ1) is 14.9. The number of nitrogens with zero attached hydrogens (tertiary/aromatic N) is 3. The van der Waals surface area contributed by atoms with Gasteiger partial charge in [-0.2, -0.15) is 5.10 Å². The second-order valence-corrected chi connectivity index (χ2v) is 10.0. The lowest BCUT2D eigenvalue weighted by Crippen LogP contribution is -2.58. The summed E-state index contributed by atoms with van der Waals surface area (Å²) >= 11 is 0. The van der Waals surface area contributed by atoms with E-state index < -0.39 is 0 Å². The standard InChI is InChI=1S/C25H34N4O2/c1-17-8-18(2)29(27-17)23-10-20(19-4-5-19)9-21(11-23)22(12-24(30)31-3)13-28-15-25(16-28)6-7-26-14-25/h8-11,19,22,26H,4-7,12-16H2,1-3H3/t22-/m1/s1. The average Bonchev–Trinajstić information content (AvgIpc) is 3.37. The van der Waals surface area contributed by atoms with Crippen LogP contribution in [0.2, 0.25) is 0 Å². The highest BCUT2D eigenvalue weighted by molar-refractivity contribution is 5.70. The Labute approximate surface area is 185 Å². The molecule has 1 spiro atoms. The zero-order valence-corrected chi connectivity index (χ0v) is 19.0. The molecule has 6 nitrogen and oxygen atoms in total. The number of esters is 1. The summed E-state index contributed by atoms with van der Waals surface area (Å²) in [4.78, 5) is 14.8. The molecule has 1 aliphatic carbocycles. The lowest BCUT2D eigenvalue weighted by Gasteiger charge is -2.49. The summed E-state index contributed by atoms with van der Waals surface area (Å²) in [5, 5.41) is 8.23. The first-order valence-corrected chi connectivity index (χ1v) is 11.6. The molecule has 2 aromatic rings. The second kappa shape index (κ2) is 8.06. The largest absolute Gasteiger partial charge is 0.469 e. The van der Waals surface area contributed by atoms with Crippen LogP contribution in [0, 0.1) is 19.3 Å². The van der Waals surface area contributed by atoms with Gasteiger partial charge in [0.25, 0.3) is 0 Å². The number of likely N-dealkylation sites (tertiary alicyclic amines) is 1. The molecule has 5 rings (SSSR count). The van der Waals surface area contributed by atoms with Crippen molar-refractivity contribution in [2.24, 2.45) is 5.41 Å². The Hall–Kier alpha value is -2.18. The van der Waals surface area contributed by atoms with E-state index in [4.69, 9.17) is 9.84 Å². The predicted molar refractivity (Wildman–Crippen MR) is 121 cm³/mol. The maximum Gasteiger partial charge on any atom is 0.306 e. The van der Waals surface area contributed by atoms with Crippen molar-refractivity contribution in [2.75, 3.05) is 39.8 Å². The molecule has 1 saturated carbocycles. The Morgan fingerprint density at radius 3 is 2.68 bits per heavy atom. The summed E-state index contributed by atoms with van der Waals surface area (Å²) in [7, 11) is 1.49. The highest BCUT2D eigenvalue weighted by Crippen LogP contribution is 2.43. The molecule has 3 fully saturated rings.